The van der Waals surface area contributed by atoms with Crippen molar-refractivity contribution in [3.8, 4) is 0 Å². The molecule has 2 nitrogen and oxygen atoms in total. The lowest BCUT2D eigenvalue weighted by Crippen LogP contribution is -2.44. The van der Waals surface area contributed by atoms with Crippen LogP contribution in [-0.2, 0) is 8.85 Å². The molecule has 26 heavy (non-hydrogen) atoms. The summed E-state index contributed by atoms with van der Waals surface area (Å²) >= 11 is 0. The molecule has 0 amide bonds. The molecule has 0 bridgehead atoms. The fourth-order valence-corrected chi connectivity index (χ4v) is 6.35. The van der Waals surface area contributed by atoms with Crippen LogP contribution < -0.4 is 10.4 Å². The molecule has 0 N–H and O–H groups in total. The molecule has 0 atom stereocenters. The maximum Gasteiger partial charge on any atom is 0.193 e. The molecule has 1 aromatic carbocycles. The van der Waals surface area contributed by atoms with Gasteiger partial charge in [-0.3, -0.25) is 0 Å². The summed E-state index contributed by atoms with van der Waals surface area (Å²) in [6.45, 7) is 22.7. The molecule has 1 rings (SSSR count). The molecule has 0 aromatic heterocycles. The van der Waals surface area contributed by atoms with Crippen molar-refractivity contribution in [3.05, 3.63) is 24.3 Å². The molecule has 0 fully saturated rings. The highest BCUT2D eigenvalue weighted by atomic mass is 28.2. The molecular formula is C22H42O2Si2. The number of hydrogen-bond donors (Lipinski definition) is 0. The maximum atomic E-state index is 6.47. The Bertz CT molecular complexity index is 471. The largest absolute Gasteiger partial charge is 0.413 e. The van der Waals surface area contributed by atoms with E-state index in [0.29, 0.717) is 23.7 Å². The van der Waals surface area contributed by atoms with E-state index in [1.807, 2.05) is 0 Å². The van der Waals surface area contributed by atoms with Crippen molar-refractivity contribution in [2.75, 3.05) is 0 Å². The fourth-order valence-electron chi connectivity index (χ4n) is 3.21. The van der Waals surface area contributed by atoms with Gasteiger partial charge in [-0.15, -0.1) is 0 Å². The van der Waals surface area contributed by atoms with Crippen LogP contribution in [0.15, 0.2) is 24.3 Å². The number of hydrogen-bond acceptors (Lipinski definition) is 2. The van der Waals surface area contributed by atoms with Gasteiger partial charge in [-0.2, -0.15) is 0 Å². The summed E-state index contributed by atoms with van der Waals surface area (Å²) in [5, 5.41) is 2.76. The Hall–Kier alpha value is -0.426. The van der Waals surface area contributed by atoms with E-state index in [4.69, 9.17) is 8.85 Å². The summed E-state index contributed by atoms with van der Waals surface area (Å²) in [5.74, 6) is 2.11. The summed E-state index contributed by atoms with van der Waals surface area (Å²) in [7, 11) is -1.42. The second-order valence-corrected chi connectivity index (χ2v) is 12.2. The highest BCUT2D eigenvalue weighted by Crippen LogP contribution is 2.30. The van der Waals surface area contributed by atoms with Crippen LogP contribution in [0.2, 0.25) is 0 Å². The summed E-state index contributed by atoms with van der Waals surface area (Å²) in [5.41, 5.74) is -0.0573. The molecule has 150 valence electrons. The SMILES string of the molecule is CC(C)C(C)(O[SiH2]c1ccc([SiH2]OC(C)(C(C)C)C(C)C)cc1)C(C)C. The van der Waals surface area contributed by atoms with Gasteiger partial charge in [0.15, 0.2) is 19.5 Å². The third-order valence-electron chi connectivity index (χ3n) is 6.71. The lowest BCUT2D eigenvalue weighted by Gasteiger charge is -2.38. The minimum absolute atomic E-state index is 0.0287. The van der Waals surface area contributed by atoms with Crippen molar-refractivity contribution in [1.82, 2.24) is 0 Å². The zero-order valence-corrected chi connectivity index (χ0v) is 21.7. The molecule has 0 radical (unpaired) electrons. The van der Waals surface area contributed by atoms with E-state index in [1.54, 1.807) is 0 Å². The van der Waals surface area contributed by atoms with Crippen LogP contribution >= 0.6 is 0 Å². The van der Waals surface area contributed by atoms with Gasteiger partial charge >= 0.3 is 0 Å². The second kappa shape index (κ2) is 9.67. The Morgan fingerprint density at radius 1 is 0.577 bits per heavy atom. The van der Waals surface area contributed by atoms with Gasteiger partial charge in [-0.05, 0) is 47.9 Å². The molecule has 4 heteroatoms. The molecule has 0 aliphatic carbocycles. The average molecular weight is 395 g/mol. The Labute approximate surface area is 167 Å². The van der Waals surface area contributed by atoms with E-state index in [9.17, 15) is 0 Å². The van der Waals surface area contributed by atoms with Gasteiger partial charge in [-0.25, -0.2) is 0 Å². The Balaban J connectivity index is 2.69. The highest BCUT2D eigenvalue weighted by Gasteiger charge is 2.33. The van der Waals surface area contributed by atoms with Crippen molar-refractivity contribution in [2.24, 2.45) is 23.7 Å². The minimum atomic E-state index is -0.710. The third-order valence-corrected chi connectivity index (χ3v) is 9.85. The van der Waals surface area contributed by atoms with Gasteiger partial charge in [0.2, 0.25) is 0 Å². The standard InChI is InChI=1S/C22H42O2Si2/c1-15(2)21(9,16(3)4)23-25-19-11-13-20(14-12-19)26-24-22(10,17(5)6)18(7)8/h11-18H,25-26H2,1-10H3. The molecule has 0 saturated carbocycles. The van der Waals surface area contributed by atoms with Crippen molar-refractivity contribution in [3.63, 3.8) is 0 Å². The number of benzene rings is 1. The zero-order valence-electron chi connectivity index (χ0n) is 18.8. The topological polar surface area (TPSA) is 18.5 Å². The van der Waals surface area contributed by atoms with Gasteiger partial charge < -0.3 is 8.85 Å². The monoisotopic (exact) mass is 394 g/mol. The van der Waals surface area contributed by atoms with Gasteiger partial charge in [0.1, 0.15) is 0 Å². The van der Waals surface area contributed by atoms with Gasteiger partial charge in [0, 0.05) is 0 Å². The van der Waals surface area contributed by atoms with E-state index in [0.717, 1.165) is 0 Å². The average Bonchev–Trinajstić information content (AvgIpc) is 2.57. The molecule has 0 aliphatic rings. The molecular weight excluding hydrogens is 352 g/mol. The molecule has 0 spiro atoms. The van der Waals surface area contributed by atoms with E-state index < -0.39 is 19.5 Å². The molecule has 1 aromatic rings. The Morgan fingerprint density at radius 3 is 1.00 bits per heavy atom. The van der Waals surface area contributed by atoms with Crippen LogP contribution in [0.3, 0.4) is 0 Å². The first kappa shape index (κ1) is 23.6. The van der Waals surface area contributed by atoms with E-state index in [2.05, 4.69) is 93.5 Å². The van der Waals surface area contributed by atoms with E-state index in [1.165, 1.54) is 10.4 Å². The predicted octanol–water partition coefficient (Wildman–Crippen LogP) is 3.28. The predicted molar refractivity (Wildman–Crippen MR) is 121 cm³/mol. The molecule has 0 heterocycles. The quantitative estimate of drug-likeness (QED) is 0.567. The second-order valence-electron chi connectivity index (χ2n) is 9.38. The van der Waals surface area contributed by atoms with Crippen LogP contribution in [0, 0.1) is 23.7 Å². The first-order valence-corrected chi connectivity index (χ1v) is 12.9. The maximum absolute atomic E-state index is 6.47. The summed E-state index contributed by atoms with van der Waals surface area (Å²) in [6.07, 6.45) is 0. The van der Waals surface area contributed by atoms with Crippen LogP contribution in [0.5, 0.6) is 0 Å². The van der Waals surface area contributed by atoms with Gasteiger partial charge in [-0.1, -0.05) is 79.7 Å². The zero-order chi connectivity index (χ0) is 20.1. The van der Waals surface area contributed by atoms with Crippen LogP contribution in [0.25, 0.3) is 0 Å². The van der Waals surface area contributed by atoms with Crippen molar-refractivity contribution in [2.45, 2.75) is 80.4 Å². The summed E-state index contributed by atoms with van der Waals surface area (Å²) in [6, 6.07) is 9.06. The molecule has 0 saturated heterocycles. The van der Waals surface area contributed by atoms with Crippen molar-refractivity contribution < 1.29 is 8.85 Å². The Morgan fingerprint density at radius 2 is 0.808 bits per heavy atom. The van der Waals surface area contributed by atoms with Crippen LogP contribution in [0.1, 0.15) is 69.2 Å². The minimum Gasteiger partial charge on any atom is -0.413 e. The van der Waals surface area contributed by atoms with E-state index >= 15 is 0 Å². The van der Waals surface area contributed by atoms with Crippen LogP contribution in [-0.4, -0.2) is 30.7 Å². The van der Waals surface area contributed by atoms with Gasteiger partial charge in [0.05, 0.1) is 11.2 Å². The third kappa shape index (κ3) is 5.78. The summed E-state index contributed by atoms with van der Waals surface area (Å²) < 4.78 is 12.9. The normalized spacial score (nSPS) is 14.4. The fraction of sp³-hybridized carbons (Fsp3) is 0.727. The van der Waals surface area contributed by atoms with Crippen LogP contribution in [0.4, 0.5) is 0 Å². The first-order chi connectivity index (χ1) is 11.9. The van der Waals surface area contributed by atoms with E-state index in [-0.39, 0.29) is 11.2 Å². The van der Waals surface area contributed by atoms with Gasteiger partial charge in [0.25, 0.3) is 0 Å². The van der Waals surface area contributed by atoms with Crippen molar-refractivity contribution >= 4 is 29.9 Å². The number of rotatable bonds is 10. The summed E-state index contributed by atoms with van der Waals surface area (Å²) in [4.78, 5) is 0. The lowest BCUT2D eigenvalue weighted by atomic mass is 9.82. The van der Waals surface area contributed by atoms with Crippen molar-refractivity contribution in [1.29, 1.82) is 0 Å². The molecule has 0 unspecified atom stereocenters. The smallest absolute Gasteiger partial charge is 0.193 e. The first-order valence-electron chi connectivity index (χ1n) is 10.3. The Kier molecular flexibility index (Phi) is 8.78. The highest BCUT2D eigenvalue weighted by molar-refractivity contribution is 6.49. The molecule has 0 aliphatic heterocycles. The lowest BCUT2D eigenvalue weighted by molar-refractivity contribution is 0.000799.